The lowest BCUT2D eigenvalue weighted by atomic mass is 10.0. The van der Waals surface area contributed by atoms with Gasteiger partial charge in [0.15, 0.2) is 0 Å². The van der Waals surface area contributed by atoms with Crippen LogP contribution in [-0.4, -0.2) is 9.78 Å². The van der Waals surface area contributed by atoms with Gasteiger partial charge >= 0.3 is 0 Å². The standard InChI is InChI=1S/C13H15Cl2N3/c1-18-8-9(7-17-18)2-5-13(16)11-4-3-10(14)6-12(11)15/h3-4,6-8,13H,2,5,16H2,1H3. The number of benzene rings is 1. The second-order valence-corrected chi connectivity index (χ2v) is 5.18. The van der Waals surface area contributed by atoms with E-state index in [0.717, 1.165) is 18.4 Å². The predicted molar refractivity (Wildman–Crippen MR) is 74.9 cm³/mol. The Hall–Kier alpha value is -1.03. The Labute approximate surface area is 117 Å². The molecule has 1 aromatic heterocycles. The first-order chi connectivity index (χ1) is 8.56. The van der Waals surface area contributed by atoms with E-state index < -0.39 is 0 Å². The average molecular weight is 284 g/mol. The van der Waals surface area contributed by atoms with Gasteiger partial charge in [-0.1, -0.05) is 29.3 Å². The minimum Gasteiger partial charge on any atom is -0.324 e. The van der Waals surface area contributed by atoms with Crippen molar-refractivity contribution in [3.05, 3.63) is 51.8 Å². The van der Waals surface area contributed by atoms with Crippen molar-refractivity contribution in [2.24, 2.45) is 12.8 Å². The van der Waals surface area contributed by atoms with Crippen LogP contribution in [0.3, 0.4) is 0 Å². The molecule has 1 atom stereocenters. The Balaban J connectivity index is 2.01. The minimum atomic E-state index is -0.0880. The summed E-state index contributed by atoms with van der Waals surface area (Å²) in [6.45, 7) is 0. The van der Waals surface area contributed by atoms with Gasteiger partial charge in [0.05, 0.1) is 6.20 Å². The third-order valence-corrected chi connectivity index (χ3v) is 3.43. The van der Waals surface area contributed by atoms with Crippen molar-refractivity contribution in [2.45, 2.75) is 18.9 Å². The number of rotatable bonds is 4. The molecule has 18 heavy (non-hydrogen) atoms. The largest absolute Gasteiger partial charge is 0.324 e. The van der Waals surface area contributed by atoms with Crippen LogP contribution in [0.5, 0.6) is 0 Å². The number of hydrogen-bond acceptors (Lipinski definition) is 2. The van der Waals surface area contributed by atoms with Crippen LogP contribution in [0.15, 0.2) is 30.6 Å². The first-order valence-electron chi connectivity index (χ1n) is 5.74. The van der Waals surface area contributed by atoms with Crippen molar-refractivity contribution in [1.29, 1.82) is 0 Å². The SMILES string of the molecule is Cn1cc(CCC(N)c2ccc(Cl)cc2Cl)cn1. The average Bonchev–Trinajstić information content (AvgIpc) is 2.72. The molecule has 1 heterocycles. The fraction of sp³-hybridized carbons (Fsp3) is 0.308. The molecule has 2 aromatic rings. The monoisotopic (exact) mass is 283 g/mol. The number of nitrogens with two attached hydrogens (primary N) is 1. The Morgan fingerprint density at radius 3 is 2.78 bits per heavy atom. The van der Waals surface area contributed by atoms with E-state index >= 15 is 0 Å². The van der Waals surface area contributed by atoms with Gasteiger partial charge in [0.2, 0.25) is 0 Å². The van der Waals surface area contributed by atoms with Gasteiger partial charge in [0.25, 0.3) is 0 Å². The lowest BCUT2D eigenvalue weighted by Gasteiger charge is -2.13. The summed E-state index contributed by atoms with van der Waals surface area (Å²) >= 11 is 12.0. The number of hydrogen-bond donors (Lipinski definition) is 1. The number of aryl methyl sites for hydroxylation is 2. The minimum absolute atomic E-state index is 0.0880. The topological polar surface area (TPSA) is 43.8 Å². The summed E-state index contributed by atoms with van der Waals surface area (Å²) in [7, 11) is 1.90. The van der Waals surface area contributed by atoms with Gasteiger partial charge in [-0.15, -0.1) is 0 Å². The lowest BCUT2D eigenvalue weighted by molar-refractivity contribution is 0.651. The maximum atomic E-state index is 6.15. The molecule has 0 amide bonds. The molecule has 0 aliphatic rings. The molecule has 0 spiro atoms. The molecule has 0 aliphatic heterocycles. The fourth-order valence-electron chi connectivity index (χ4n) is 1.88. The summed E-state index contributed by atoms with van der Waals surface area (Å²) < 4.78 is 1.79. The molecule has 96 valence electrons. The van der Waals surface area contributed by atoms with Crippen molar-refractivity contribution in [3.63, 3.8) is 0 Å². The van der Waals surface area contributed by atoms with E-state index in [9.17, 15) is 0 Å². The van der Waals surface area contributed by atoms with Crippen LogP contribution in [0.2, 0.25) is 10.0 Å². The molecule has 1 unspecified atom stereocenters. The van der Waals surface area contributed by atoms with Crippen molar-refractivity contribution < 1.29 is 0 Å². The highest BCUT2D eigenvalue weighted by molar-refractivity contribution is 6.35. The molecule has 1 aromatic carbocycles. The molecule has 0 fully saturated rings. The molecule has 3 nitrogen and oxygen atoms in total. The molecular weight excluding hydrogens is 269 g/mol. The fourth-order valence-corrected chi connectivity index (χ4v) is 2.43. The normalized spacial score (nSPS) is 12.7. The number of nitrogens with zero attached hydrogens (tertiary/aromatic N) is 2. The van der Waals surface area contributed by atoms with Crippen molar-refractivity contribution in [2.75, 3.05) is 0 Å². The van der Waals surface area contributed by atoms with E-state index in [4.69, 9.17) is 28.9 Å². The van der Waals surface area contributed by atoms with Crippen LogP contribution in [-0.2, 0) is 13.5 Å². The number of aromatic nitrogens is 2. The molecule has 2 N–H and O–H groups in total. The van der Waals surface area contributed by atoms with Gasteiger partial charge in [-0.3, -0.25) is 4.68 Å². The highest BCUT2D eigenvalue weighted by Gasteiger charge is 2.11. The highest BCUT2D eigenvalue weighted by Crippen LogP contribution is 2.27. The first kappa shape index (κ1) is 13.4. The van der Waals surface area contributed by atoms with E-state index in [-0.39, 0.29) is 6.04 Å². The molecule has 5 heteroatoms. The summed E-state index contributed by atoms with van der Waals surface area (Å²) in [5.41, 5.74) is 8.26. The van der Waals surface area contributed by atoms with Crippen LogP contribution in [0, 0.1) is 0 Å². The summed E-state index contributed by atoms with van der Waals surface area (Å²) in [5.74, 6) is 0. The molecule has 0 aliphatic carbocycles. The van der Waals surface area contributed by atoms with Crippen molar-refractivity contribution in [1.82, 2.24) is 9.78 Å². The second kappa shape index (κ2) is 5.74. The van der Waals surface area contributed by atoms with Gasteiger partial charge < -0.3 is 5.73 Å². The van der Waals surface area contributed by atoms with E-state index in [1.807, 2.05) is 31.6 Å². The lowest BCUT2D eigenvalue weighted by Crippen LogP contribution is -2.11. The number of halogens is 2. The van der Waals surface area contributed by atoms with Gasteiger partial charge in [-0.05, 0) is 36.1 Å². The zero-order chi connectivity index (χ0) is 13.1. The van der Waals surface area contributed by atoms with Crippen LogP contribution in [0.4, 0.5) is 0 Å². The third-order valence-electron chi connectivity index (χ3n) is 2.86. The zero-order valence-corrected chi connectivity index (χ0v) is 11.6. The van der Waals surface area contributed by atoms with E-state index in [1.54, 1.807) is 10.7 Å². The summed E-state index contributed by atoms with van der Waals surface area (Å²) in [6, 6.07) is 5.34. The van der Waals surface area contributed by atoms with E-state index in [0.29, 0.717) is 10.0 Å². The van der Waals surface area contributed by atoms with Crippen molar-refractivity contribution >= 4 is 23.2 Å². The molecule has 0 radical (unpaired) electrons. The maximum Gasteiger partial charge on any atom is 0.0521 e. The predicted octanol–water partition coefficient (Wildman–Crippen LogP) is 3.36. The molecule has 0 saturated carbocycles. The quantitative estimate of drug-likeness (QED) is 0.935. The van der Waals surface area contributed by atoms with Crippen LogP contribution in [0.1, 0.15) is 23.6 Å². The second-order valence-electron chi connectivity index (χ2n) is 4.33. The molecule has 2 rings (SSSR count). The Morgan fingerprint density at radius 2 is 2.17 bits per heavy atom. The Bertz CT molecular complexity index is 537. The Morgan fingerprint density at radius 1 is 1.39 bits per heavy atom. The van der Waals surface area contributed by atoms with Crippen LogP contribution < -0.4 is 5.73 Å². The van der Waals surface area contributed by atoms with Gasteiger partial charge in [-0.25, -0.2) is 0 Å². The van der Waals surface area contributed by atoms with Gasteiger partial charge in [0, 0.05) is 29.3 Å². The molecule has 0 bridgehead atoms. The van der Waals surface area contributed by atoms with E-state index in [2.05, 4.69) is 5.10 Å². The van der Waals surface area contributed by atoms with Gasteiger partial charge in [0.1, 0.15) is 0 Å². The zero-order valence-electron chi connectivity index (χ0n) is 10.1. The van der Waals surface area contributed by atoms with Crippen LogP contribution >= 0.6 is 23.2 Å². The summed E-state index contributed by atoms with van der Waals surface area (Å²) in [6.07, 6.45) is 5.56. The van der Waals surface area contributed by atoms with E-state index in [1.165, 1.54) is 5.56 Å². The maximum absolute atomic E-state index is 6.15. The highest BCUT2D eigenvalue weighted by atomic mass is 35.5. The smallest absolute Gasteiger partial charge is 0.0521 e. The first-order valence-corrected chi connectivity index (χ1v) is 6.50. The van der Waals surface area contributed by atoms with Crippen LogP contribution in [0.25, 0.3) is 0 Å². The molecular formula is C13H15Cl2N3. The summed E-state index contributed by atoms with van der Waals surface area (Å²) in [4.78, 5) is 0. The summed E-state index contributed by atoms with van der Waals surface area (Å²) in [5, 5.41) is 5.38. The third kappa shape index (κ3) is 3.25. The van der Waals surface area contributed by atoms with Gasteiger partial charge in [-0.2, -0.15) is 5.10 Å². The Kier molecular flexibility index (Phi) is 4.27. The van der Waals surface area contributed by atoms with Crippen molar-refractivity contribution in [3.8, 4) is 0 Å². The molecule has 0 saturated heterocycles.